The van der Waals surface area contributed by atoms with Crippen molar-refractivity contribution in [2.45, 2.75) is 30.5 Å². The topological polar surface area (TPSA) is 83.9 Å². The van der Waals surface area contributed by atoms with Gasteiger partial charge in [-0.3, -0.25) is 0 Å². The molecule has 0 aliphatic carbocycles. The smallest absolute Gasteiger partial charge is 0.377 e. The Morgan fingerprint density at radius 1 is 1.21 bits per heavy atom. The molecular weight excluding hydrogens is 389 g/mol. The number of nitroso groups, excluding NO2 is 1. The molecule has 1 aromatic heterocycles. The number of thioether (sulfide) groups is 1. The lowest BCUT2D eigenvalue weighted by atomic mass is 10.1. The van der Waals surface area contributed by atoms with Gasteiger partial charge < -0.3 is 11.1 Å². The number of hydrogen-bond donors (Lipinski definition) is 2. The Kier molecular flexibility index (Phi) is 6.56. The minimum atomic E-state index is -0.422. The molecule has 29 heavy (non-hydrogen) atoms. The first-order valence-electron chi connectivity index (χ1n) is 9.19. The molecule has 8 heteroatoms. The average Bonchev–Trinajstić information content (AvgIpc) is 2.69. The highest BCUT2D eigenvalue weighted by atomic mass is 32.2. The van der Waals surface area contributed by atoms with Gasteiger partial charge in [0, 0.05) is 21.5 Å². The maximum Gasteiger partial charge on any atom is 0.410 e. The quantitative estimate of drug-likeness (QED) is 0.433. The monoisotopic (exact) mass is 412 g/mol. The highest BCUT2D eigenvalue weighted by Gasteiger charge is 2.25. The Labute approximate surface area is 173 Å². The van der Waals surface area contributed by atoms with Crippen LogP contribution in [-0.2, 0) is 6.54 Å². The molecule has 0 radical (unpaired) electrons. The molecule has 3 rings (SSSR count). The van der Waals surface area contributed by atoms with Crippen LogP contribution in [-0.4, -0.2) is 22.3 Å². The van der Waals surface area contributed by atoms with Crippen LogP contribution in [0.2, 0.25) is 0 Å². The van der Waals surface area contributed by atoms with E-state index < -0.39 is 5.82 Å². The van der Waals surface area contributed by atoms with Crippen molar-refractivity contribution in [2.24, 2.45) is 0 Å². The van der Waals surface area contributed by atoms with Crippen molar-refractivity contribution < 1.29 is 4.39 Å². The van der Waals surface area contributed by atoms with Crippen LogP contribution in [0.5, 0.6) is 0 Å². The zero-order valence-electron chi connectivity index (χ0n) is 16.5. The first-order chi connectivity index (χ1) is 13.9. The zero-order valence-corrected chi connectivity index (χ0v) is 17.3. The van der Waals surface area contributed by atoms with Gasteiger partial charge in [-0.25, -0.2) is 9.37 Å². The number of benzene rings is 2. The third-order valence-electron chi connectivity index (χ3n) is 4.11. The van der Waals surface area contributed by atoms with Gasteiger partial charge in [-0.2, -0.15) is 0 Å². The summed E-state index contributed by atoms with van der Waals surface area (Å²) in [4.78, 5) is 22.0. The summed E-state index contributed by atoms with van der Waals surface area (Å²) in [5.74, 6) is -0.506. The van der Waals surface area contributed by atoms with Crippen molar-refractivity contribution in [3.8, 4) is 11.3 Å². The number of nitrogens with zero attached hydrogens (tertiary/aromatic N) is 3. The van der Waals surface area contributed by atoms with Gasteiger partial charge in [-0.1, -0.05) is 30.9 Å². The molecule has 0 atom stereocenters. The van der Waals surface area contributed by atoms with Gasteiger partial charge in [-0.05, 0) is 47.9 Å². The highest BCUT2D eigenvalue weighted by Crippen LogP contribution is 2.31. The van der Waals surface area contributed by atoms with Crippen LogP contribution in [0, 0.1) is 10.7 Å². The predicted molar refractivity (Wildman–Crippen MR) is 117 cm³/mol. The summed E-state index contributed by atoms with van der Waals surface area (Å²) in [5.41, 5.74) is 7.80. The number of aromatic nitrogens is 2. The SMILES string of the molecule is CNCc1ccc([N+](=O)c2nc(-c3ccc(SC(C)C)cc3F)cnc2N)cc1. The van der Waals surface area contributed by atoms with E-state index in [2.05, 4.69) is 15.3 Å². The van der Waals surface area contributed by atoms with Crippen molar-refractivity contribution in [1.29, 1.82) is 0 Å². The van der Waals surface area contributed by atoms with Crippen molar-refractivity contribution in [3.63, 3.8) is 0 Å². The second-order valence-corrected chi connectivity index (χ2v) is 8.41. The second-order valence-electron chi connectivity index (χ2n) is 6.76. The lowest BCUT2D eigenvalue weighted by molar-refractivity contribution is 0.627. The molecule has 6 nitrogen and oxygen atoms in total. The number of nitrogen functional groups attached to an aromatic ring is 1. The van der Waals surface area contributed by atoms with Gasteiger partial charge in [0.2, 0.25) is 11.5 Å². The van der Waals surface area contributed by atoms with E-state index >= 15 is 0 Å². The van der Waals surface area contributed by atoms with E-state index in [9.17, 15) is 9.30 Å². The van der Waals surface area contributed by atoms with Crippen LogP contribution in [0.25, 0.3) is 11.3 Å². The van der Waals surface area contributed by atoms with Gasteiger partial charge in [0.25, 0.3) is 0 Å². The van der Waals surface area contributed by atoms with Crippen molar-refractivity contribution in [2.75, 3.05) is 12.8 Å². The Bertz CT molecular complexity index is 1020. The summed E-state index contributed by atoms with van der Waals surface area (Å²) < 4.78 is 15.3. The lowest BCUT2D eigenvalue weighted by Gasteiger charge is -2.06. The molecule has 0 spiro atoms. The molecule has 0 fully saturated rings. The molecule has 0 saturated carbocycles. The van der Waals surface area contributed by atoms with E-state index in [-0.39, 0.29) is 22.9 Å². The van der Waals surface area contributed by atoms with E-state index in [1.54, 1.807) is 30.0 Å². The largest absolute Gasteiger partial charge is 0.410 e. The van der Waals surface area contributed by atoms with Crippen LogP contribution in [0.15, 0.2) is 53.6 Å². The third-order valence-corrected chi connectivity index (χ3v) is 5.11. The first-order valence-corrected chi connectivity index (χ1v) is 10.1. The number of hydrogen-bond acceptors (Lipinski definition) is 6. The van der Waals surface area contributed by atoms with Gasteiger partial charge in [-0.15, -0.1) is 11.8 Å². The Hall–Kier alpha value is -2.84. The zero-order chi connectivity index (χ0) is 21.0. The standard InChI is InChI=1S/C21H23FN5OS/c1-13(2)29-16-8-9-17(18(22)10-16)19-12-25-20(23)21(26-19)27(28)15-6-4-14(5-7-15)11-24-3/h4-10,12-13,24H,11H2,1-3H3,(H2,23,25)/q+1. The van der Waals surface area contributed by atoms with Gasteiger partial charge in [0.15, 0.2) is 5.69 Å². The summed E-state index contributed by atoms with van der Waals surface area (Å²) in [6, 6.07) is 12.0. The maximum atomic E-state index is 14.6. The molecule has 0 bridgehead atoms. The molecule has 1 heterocycles. The summed E-state index contributed by atoms with van der Waals surface area (Å²) in [6.07, 6.45) is 1.37. The summed E-state index contributed by atoms with van der Waals surface area (Å²) in [5, 5.41) is 3.39. The number of anilines is 1. The van der Waals surface area contributed by atoms with Crippen molar-refractivity contribution >= 4 is 29.1 Å². The van der Waals surface area contributed by atoms with Gasteiger partial charge >= 0.3 is 5.82 Å². The molecule has 0 aliphatic rings. The molecule has 2 aromatic carbocycles. The Morgan fingerprint density at radius 3 is 2.55 bits per heavy atom. The molecule has 0 aliphatic heterocycles. The first kappa shape index (κ1) is 20.9. The lowest BCUT2D eigenvalue weighted by Crippen LogP contribution is -2.08. The minimum Gasteiger partial charge on any atom is -0.377 e. The highest BCUT2D eigenvalue weighted by molar-refractivity contribution is 7.99. The minimum absolute atomic E-state index is 0.0181. The van der Waals surface area contributed by atoms with Crippen LogP contribution < -0.4 is 15.8 Å². The second kappa shape index (κ2) is 9.11. The van der Waals surface area contributed by atoms with Gasteiger partial charge in [0.1, 0.15) is 5.82 Å². The average molecular weight is 413 g/mol. The van der Waals surface area contributed by atoms with Crippen molar-refractivity contribution in [1.82, 2.24) is 20.0 Å². The number of nitrogens with one attached hydrogen (secondary N) is 1. The molecule has 0 unspecified atom stereocenters. The van der Waals surface area contributed by atoms with Crippen LogP contribution >= 0.6 is 11.8 Å². The predicted octanol–water partition coefficient (Wildman–Crippen LogP) is 4.69. The summed E-state index contributed by atoms with van der Waals surface area (Å²) in [6.45, 7) is 4.78. The van der Waals surface area contributed by atoms with E-state index in [0.29, 0.717) is 22.2 Å². The molecule has 3 N–H and O–H groups in total. The molecule has 0 amide bonds. The van der Waals surface area contributed by atoms with Gasteiger partial charge in [0.05, 0.1) is 11.8 Å². The van der Waals surface area contributed by atoms with Crippen molar-refractivity contribution in [3.05, 3.63) is 64.9 Å². The fourth-order valence-electron chi connectivity index (χ4n) is 2.79. The summed E-state index contributed by atoms with van der Waals surface area (Å²) in [7, 11) is 1.85. The molecule has 0 saturated heterocycles. The third kappa shape index (κ3) is 4.96. The molecule has 150 valence electrons. The van der Waals surface area contributed by atoms with Crippen LogP contribution in [0.4, 0.5) is 21.7 Å². The van der Waals surface area contributed by atoms with E-state index in [1.165, 1.54) is 12.3 Å². The fourth-order valence-corrected chi connectivity index (χ4v) is 3.65. The Balaban J connectivity index is 1.93. The fraction of sp³-hybridized carbons (Fsp3) is 0.238. The number of rotatable bonds is 7. The van der Waals surface area contributed by atoms with E-state index in [0.717, 1.165) is 10.5 Å². The number of halogens is 1. The molecule has 3 aromatic rings. The van der Waals surface area contributed by atoms with E-state index in [4.69, 9.17) is 5.73 Å². The Morgan fingerprint density at radius 2 is 1.93 bits per heavy atom. The van der Waals surface area contributed by atoms with Crippen LogP contribution in [0.3, 0.4) is 0 Å². The van der Waals surface area contributed by atoms with Crippen LogP contribution in [0.1, 0.15) is 19.4 Å². The molecular formula is C21H23FN5OS+. The summed E-state index contributed by atoms with van der Waals surface area (Å²) >= 11 is 1.57. The number of nitrogens with two attached hydrogens (primary N) is 1. The normalized spacial score (nSPS) is 11.1. The maximum absolute atomic E-state index is 14.6. The van der Waals surface area contributed by atoms with E-state index in [1.807, 2.05) is 39.1 Å².